The van der Waals surface area contributed by atoms with Gasteiger partial charge in [0.05, 0.1) is 17.8 Å². The number of fused-ring (bicyclic) bond motifs is 1. The smallest absolute Gasteiger partial charge is 0.192 e. The number of pyridine rings is 2. The van der Waals surface area contributed by atoms with Crippen LogP contribution in [0.15, 0.2) is 109 Å². The molecule has 32 heavy (non-hydrogen) atoms. The van der Waals surface area contributed by atoms with Crippen LogP contribution in [-0.4, -0.2) is 15.6 Å². The molecule has 2 aromatic carbocycles. The van der Waals surface area contributed by atoms with Crippen LogP contribution in [0.4, 0.5) is 0 Å². The quantitative estimate of drug-likeness (QED) is 0.384. The van der Waals surface area contributed by atoms with Gasteiger partial charge in [-0.15, -0.1) is 0 Å². The lowest BCUT2D eigenvalue weighted by molar-refractivity contribution is 0.0514. The maximum atomic E-state index is 10.1. The van der Waals surface area contributed by atoms with Gasteiger partial charge >= 0.3 is 0 Å². The lowest BCUT2D eigenvalue weighted by Gasteiger charge is -2.29. The van der Waals surface area contributed by atoms with Crippen molar-refractivity contribution in [1.29, 1.82) is 5.26 Å². The standard InChI is InChI=1S/C28H21N3O/c29-20-28(32-19-24-11-10-23-8-4-5-9-27(23)31-24)15-12-25(21-6-2-1-3-7-21)26(18-28)22-13-16-30-17-14-22/h1-18,25H,19H2. The van der Waals surface area contributed by atoms with Crippen LogP contribution < -0.4 is 0 Å². The molecule has 2 atom stereocenters. The number of hydrogen-bond acceptors (Lipinski definition) is 4. The van der Waals surface area contributed by atoms with Gasteiger partial charge in [0.1, 0.15) is 6.07 Å². The Kier molecular flexibility index (Phi) is 5.33. The van der Waals surface area contributed by atoms with Crippen molar-refractivity contribution in [2.24, 2.45) is 0 Å². The molecule has 0 N–H and O–H groups in total. The molecule has 0 amide bonds. The highest BCUT2D eigenvalue weighted by Gasteiger charge is 2.33. The van der Waals surface area contributed by atoms with Crippen LogP contribution in [0.1, 0.15) is 22.7 Å². The van der Waals surface area contributed by atoms with Crippen molar-refractivity contribution in [1.82, 2.24) is 9.97 Å². The molecule has 0 aliphatic heterocycles. The van der Waals surface area contributed by atoms with Crippen LogP contribution >= 0.6 is 0 Å². The van der Waals surface area contributed by atoms with E-state index in [1.807, 2.05) is 78.9 Å². The largest absolute Gasteiger partial charge is 0.347 e. The van der Waals surface area contributed by atoms with Gasteiger partial charge in [0.15, 0.2) is 5.60 Å². The highest BCUT2D eigenvalue weighted by Crippen LogP contribution is 2.40. The van der Waals surface area contributed by atoms with E-state index in [9.17, 15) is 5.26 Å². The Bertz CT molecular complexity index is 1340. The monoisotopic (exact) mass is 415 g/mol. The molecule has 0 radical (unpaired) electrons. The summed E-state index contributed by atoms with van der Waals surface area (Å²) in [5, 5.41) is 11.2. The molecule has 0 fully saturated rings. The van der Waals surface area contributed by atoms with E-state index in [0.717, 1.165) is 33.3 Å². The summed E-state index contributed by atoms with van der Waals surface area (Å²) in [5.74, 6) is 0.0301. The zero-order valence-corrected chi connectivity index (χ0v) is 17.4. The fourth-order valence-corrected chi connectivity index (χ4v) is 4.04. The van der Waals surface area contributed by atoms with E-state index in [1.165, 1.54) is 0 Å². The zero-order chi connectivity index (χ0) is 21.8. The van der Waals surface area contributed by atoms with E-state index in [4.69, 9.17) is 4.74 Å². The highest BCUT2D eigenvalue weighted by molar-refractivity contribution is 5.78. The van der Waals surface area contributed by atoms with Gasteiger partial charge in [0.25, 0.3) is 0 Å². The zero-order valence-electron chi connectivity index (χ0n) is 17.4. The van der Waals surface area contributed by atoms with Crippen molar-refractivity contribution in [2.45, 2.75) is 18.1 Å². The second kappa shape index (κ2) is 8.58. The number of rotatable bonds is 5. The first kappa shape index (κ1) is 19.9. The molecule has 5 rings (SSSR count). The van der Waals surface area contributed by atoms with Crippen molar-refractivity contribution in [3.05, 3.63) is 126 Å². The normalized spacial score (nSPS) is 20.0. The summed E-state index contributed by atoms with van der Waals surface area (Å²) in [4.78, 5) is 8.82. The summed E-state index contributed by atoms with van der Waals surface area (Å²) in [7, 11) is 0. The van der Waals surface area contributed by atoms with E-state index < -0.39 is 5.60 Å². The topological polar surface area (TPSA) is 58.8 Å². The maximum absolute atomic E-state index is 10.1. The minimum Gasteiger partial charge on any atom is -0.347 e. The third-order valence-corrected chi connectivity index (χ3v) is 5.70. The predicted octanol–water partition coefficient (Wildman–Crippen LogP) is 5.85. The van der Waals surface area contributed by atoms with Crippen molar-refractivity contribution >= 4 is 16.5 Å². The van der Waals surface area contributed by atoms with Gasteiger partial charge in [-0.05, 0) is 53.1 Å². The number of allylic oxidation sites excluding steroid dienone is 2. The first-order chi connectivity index (χ1) is 15.8. The summed E-state index contributed by atoms with van der Waals surface area (Å²) < 4.78 is 6.19. The van der Waals surface area contributed by atoms with Gasteiger partial charge in [-0.2, -0.15) is 5.26 Å². The third kappa shape index (κ3) is 3.94. The van der Waals surface area contributed by atoms with E-state index >= 15 is 0 Å². The van der Waals surface area contributed by atoms with Crippen molar-refractivity contribution in [3.8, 4) is 6.07 Å². The Morgan fingerprint density at radius 1 is 0.906 bits per heavy atom. The molecule has 2 aromatic heterocycles. The van der Waals surface area contributed by atoms with Crippen LogP contribution in [0, 0.1) is 11.3 Å². The van der Waals surface area contributed by atoms with Crippen molar-refractivity contribution in [2.75, 3.05) is 0 Å². The third-order valence-electron chi connectivity index (χ3n) is 5.70. The number of nitriles is 1. The number of hydrogen-bond donors (Lipinski definition) is 0. The summed E-state index contributed by atoms with van der Waals surface area (Å²) >= 11 is 0. The van der Waals surface area contributed by atoms with Gasteiger partial charge < -0.3 is 4.74 Å². The fraction of sp³-hybridized carbons (Fsp3) is 0.107. The average Bonchev–Trinajstić information content (AvgIpc) is 2.88. The van der Waals surface area contributed by atoms with Crippen LogP contribution in [-0.2, 0) is 11.3 Å². The highest BCUT2D eigenvalue weighted by atomic mass is 16.5. The van der Waals surface area contributed by atoms with Crippen LogP contribution in [0.3, 0.4) is 0 Å². The Morgan fingerprint density at radius 3 is 2.50 bits per heavy atom. The minimum atomic E-state index is -1.17. The van der Waals surface area contributed by atoms with E-state index in [1.54, 1.807) is 12.4 Å². The summed E-state index contributed by atoms with van der Waals surface area (Å²) in [6.07, 6.45) is 9.38. The molecular weight excluding hydrogens is 394 g/mol. The number of aromatic nitrogens is 2. The summed E-state index contributed by atoms with van der Waals surface area (Å²) in [5.41, 5.74) is 3.73. The van der Waals surface area contributed by atoms with Crippen LogP contribution in [0.5, 0.6) is 0 Å². The van der Waals surface area contributed by atoms with Crippen molar-refractivity contribution < 1.29 is 4.74 Å². The SMILES string of the molecule is N#CC1(OCc2ccc3ccccc3n2)C=CC(c2ccccc2)C(c2ccncc2)=C1. The molecule has 0 saturated heterocycles. The molecule has 1 aliphatic carbocycles. The average molecular weight is 415 g/mol. The first-order valence-corrected chi connectivity index (χ1v) is 10.5. The Balaban J connectivity index is 1.48. The van der Waals surface area contributed by atoms with Gasteiger partial charge in [0.2, 0.25) is 0 Å². The fourth-order valence-electron chi connectivity index (χ4n) is 4.04. The van der Waals surface area contributed by atoms with Gasteiger partial charge in [-0.1, -0.05) is 60.7 Å². The second-order valence-electron chi connectivity index (χ2n) is 7.77. The molecular formula is C28H21N3O. The first-order valence-electron chi connectivity index (χ1n) is 10.5. The summed E-state index contributed by atoms with van der Waals surface area (Å²) in [6.45, 7) is 0.235. The van der Waals surface area contributed by atoms with Crippen molar-refractivity contribution in [3.63, 3.8) is 0 Å². The number of para-hydroxylation sites is 1. The lowest BCUT2D eigenvalue weighted by atomic mass is 9.79. The molecule has 1 aliphatic rings. The molecule has 2 unspecified atom stereocenters. The number of nitrogens with zero attached hydrogens (tertiary/aromatic N) is 3. The molecule has 2 heterocycles. The minimum absolute atomic E-state index is 0.0301. The maximum Gasteiger partial charge on any atom is 0.192 e. The Hall–Kier alpha value is -4.07. The lowest BCUT2D eigenvalue weighted by Crippen LogP contribution is -2.29. The molecule has 4 nitrogen and oxygen atoms in total. The van der Waals surface area contributed by atoms with E-state index in [2.05, 4.69) is 34.2 Å². The predicted molar refractivity (Wildman–Crippen MR) is 125 cm³/mol. The molecule has 0 bridgehead atoms. The second-order valence-corrected chi connectivity index (χ2v) is 7.77. The number of benzene rings is 2. The Labute approximate surface area is 187 Å². The summed E-state index contributed by atoms with van der Waals surface area (Å²) in [6, 6.07) is 28.5. The molecule has 154 valence electrons. The molecule has 0 saturated carbocycles. The van der Waals surface area contributed by atoms with Crippen LogP contribution in [0.25, 0.3) is 16.5 Å². The van der Waals surface area contributed by atoms with Gasteiger partial charge in [-0.3, -0.25) is 9.97 Å². The van der Waals surface area contributed by atoms with Crippen LogP contribution in [0.2, 0.25) is 0 Å². The Morgan fingerprint density at radius 2 is 1.69 bits per heavy atom. The van der Waals surface area contributed by atoms with E-state index in [-0.39, 0.29) is 12.5 Å². The molecule has 0 spiro atoms. The van der Waals surface area contributed by atoms with Gasteiger partial charge in [0, 0.05) is 23.7 Å². The molecule has 4 heteroatoms. The molecule has 4 aromatic rings. The number of ether oxygens (including phenoxy) is 1. The van der Waals surface area contributed by atoms with Gasteiger partial charge in [-0.25, -0.2) is 0 Å². The van der Waals surface area contributed by atoms with E-state index in [0.29, 0.717) is 0 Å².